The van der Waals surface area contributed by atoms with Gasteiger partial charge in [-0.1, -0.05) is 12.1 Å². The molecule has 1 aromatic heterocycles. The fourth-order valence-corrected chi connectivity index (χ4v) is 3.63. The lowest BCUT2D eigenvalue weighted by molar-refractivity contribution is -0.118. The molecule has 6 heteroatoms. The van der Waals surface area contributed by atoms with Crippen molar-refractivity contribution in [2.75, 3.05) is 20.2 Å². The zero-order valence-corrected chi connectivity index (χ0v) is 16.7. The summed E-state index contributed by atoms with van der Waals surface area (Å²) < 4.78 is 7.42. The normalized spacial score (nSPS) is 18.0. The van der Waals surface area contributed by atoms with Crippen LogP contribution in [0.1, 0.15) is 39.2 Å². The number of hydrogen-bond donors (Lipinski definition) is 1. The Balaban J connectivity index is 1.87. The highest BCUT2D eigenvalue weighted by Gasteiger charge is 2.26. The molecule has 6 nitrogen and oxygen atoms in total. The molecule has 1 atom stereocenters. The molecule has 2 heterocycles. The molecule has 1 aliphatic heterocycles. The molecule has 146 valence electrons. The van der Waals surface area contributed by atoms with E-state index in [9.17, 15) is 4.79 Å². The van der Waals surface area contributed by atoms with Gasteiger partial charge < -0.3 is 10.5 Å². The standard InChI is InChI=1S/C21H30N4O2/c1-21(2,3)25-14-17(13-24-9-8-15(12-24)10-19(22)26)20(23-25)16-6-5-7-18(11-16)27-4/h5-7,11,14-15H,8-10,12-13H2,1-4H3,(H2,22,26). The molecule has 1 aromatic carbocycles. The molecule has 1 amide bonds. The number of rotatable bonds is 6. The summed E-state index contributed by atoms with van der Waals surface area (Å²) in [7, 11) is 1.68. The molecular formula is C21H30N4O2. The predicted molar refractivity (Wildman–Crippen MR) is 106 cm³/mol. The second-order valence-electron chi connectivity index (χ2n) is 8.41. The van der Waals surface area contributed by atoms with E-state index in [1.807, 2.05) is 22.9 Å². The number of carbonyl (C=O) groups is 1. The molecule has 0 saturated carbocycles. The molecule has 0 bridgehead atoms. The lowest BCUT2D eigenvalue weighted by Crippen LogP contribution is -2.23. The third-order valence-corrected chi connectivity index (χ3v) is 5.07. The van der Waals surface area contributed by atoms with Crippen molar-refractivity contribution in [1.82, 2.24) is 14.7 Å². The first kappa shape index (κ1) is 19.4. The molecular weight excluding hydrogens is 340 g/mol. The van der Waals surface area contributed by atoms with E-state index in [1.165, 1.54) is 5.56 Å². The number of likely N-dealkylation sites (tertiary alicyclic amines) is 1. The first-order valence-corrected chi connectivity index (χ1v) is 9.50. The summed E-state index contributed by atoms with van der Waals surface area (Å²) in [5, 5.41) is 4.90. The van der Waals surface area contributed by atoms with Crippen LogP contribution >= 0.6 is 0 Å². The van der Waals surface area contributed by atoms with Gasteiger partial charge in [0.25, 0.3) is 0 Å². The van der Waals surface area contributed by atoms with Crippen molar-refractivity contribution in [2.45, 2.75) is 45.7 Å². The number of ether oxygens (including phenoxy) is 1. The van der Waals surface area contributed by atoms with E-state index in [-0.39, 0.29) is 11.4 Å². The molecule has 1 unspecified atom stereocenters. The first-order chi connectivity index (χ1) is 12.8. The van der Waals surface area contributed by atoms with Crippen LogP contribution in [-0.2, 0) is 16.9 Å². The van der Waals surface area contributed by atoms with Crippen molar-refractivity contribution in [3.8, 4) is 17.0 Å². The van der Waals surface area contributed by atoms with E-state index in [2.05, 4.69) is 37.9 Å². The molecule has 0 aliphatic carbocycles. The van der Waals surface area contributed by atoms with E-state index in [1.54, 1.807) is 7.11 Å². The van der Waals surface area contributed by atoms with Crippen LogP contribution < -0.4 is 10.5 Å². The van der Waals surface area contributed by atoms with Gasteiger partial charge >= 0.3 is 0 Å². The minimum atomic E-state index is -0.209. The number of amides is 1. The Bertz CT molecular complexity index is 807. The maximum absolute atomic E-state index is 11.2. The molecule has 1 saturated heterocycles. The number of carbonyl (C=O) groups excluding carboxylic acids is 1. The molecule has 27 heavy (non-hydrogen) atoms. The predicted octanol–water partition coefficient (Wildman–Crippen LogP) is 3.01. The van der Waals surface area contributed by atoms with Gasteiger partial charge in [-0.15, -0.1) is 0 Å². The second kappa shape index (κ2) is 7.72. The Kier molecular flexibility index (Phi) is 5.56. The fourth-order valence-electron chi connectivity index (χ4n) is 3.63. The Hall–Kier alpha value is -2.34. The summed E-state index contributed by atoms with van der Waals surface area (Å²) in [4.78, 5) is 13.6. The highest BCUT2D eigenvalue weighted by molar-refractivity contribution is 5.74. The van der Waals surface area contributed by atoms with Crippen LogP contribution in [-0.4, -0.2) is 40.8 Å². The minimum absolute atomic E-state index is 0.0919. The fraction of sp³-hybridized carbons (Fsp3) is 0.524. The Labute approximate surface area is 161 Å². The molecule has 0 spiro atoms. The van der Waals surface area contributed by atoms with Crippen molar-refractivity contribution in [1.29, 1.82) is 0 Å². The Morgan fingerprint density at radius 3 is 2.81 bits per heavy atom. The number of primary amides is 1. The number of benzene rings is 1. The van der Waals surface area contributed by atoms with E-state index in [0.29, 0.717) is 12.3 Å². The van der Waals surface area contributed by atoms with Crippen LogP contribution in [0.25, 0.3) is 11.3 Å². The summed E-state index contributed by atoms with van der Waals surface area (Å²) in [6.07, 6.45) is 3.64. The van der Waals surface area contributed by atoms with Crippen molar-refractivity contribution >= 4 is 5.91 Å². The van der Waals surface area contributed by atoms with Crippen molar-refractivity contribution < 1.29 is 9.53 Å². The Morgan fingerprint density at radius 1 is 1.37 bits per heavy atom. The van der Waals surface area contributed by atoms with Crippen LogP contribution in [0.5, 0.6) is 5.75 Å². The van der Waals surface area contributed by atoms with E-state index in [4.69, 9.17) is 15.6 Å². The maximum atomic E-state index is 11.2. The quantitative estimate of drug-likeness (QED) is 0.848. The number of methoxy groups -OCH3 is 1. The number of aromatic nitrogens is 2. The molecule has 0 radical (unpaired) electrons. The molecule has 3 rings (SSSR count). The van der Waals surface area contributed by atoms with Gasteiger partial charge in [-0.05, 0) is 51.8 Å². The molecule has 2 N–H and O–H groups in total. The van der Waals surface area contributed by atoms with Crippen LogP contribution in [0.15, 0.2) is 30.5 Å². The average Bonchev–Trinajstić information content (AvgIpc) is 3.21. The molecule has 2 aromatic rings. The summed E-state index contributed by atoms with van der Waals surface area (Å²) >= 11 is 0. The number of hydrogen-bond acceptors (Lipinski definition) is 4. The van der Waals surface area contributed by atoms with Crippen LogP contribution in [0.2, 0.25) is 0 Å². The summed E-state index contributed by atoms with van der Waals surface area (Å²) in [5.74, 6) is 0.978. The number of nitrogens with two attached hydrogens (primary N) is 1. The van der Waals surface area contributed by atoms with Gasteiger partial charge in [0.2, 0.25) is 5.91 Å². The van der Waals surface area contributed by atoms with Gasteiger partial charge in [-0.25, -0.2) is 0 Å². The van der Waals surface area contributed by atoms with Gasteiger partial charge in [0, 0.05) is 36.8 Å². The third kappa shape index (κ3) is 4.69. The summed E-state index contributed by atoms with van der Waals surface area (Å²) in [6, 6.07) is 8.03. The summed E-state index contributed by atoms with van der Waals surface area (Å²) in [6.45, 7) is 9.16. The highest BCUT2D eigenvalue weighted by Crippen LogP contribution is 2.30. The smallest absolute Gasteiger partial charge is 0.217 e. The largest absolute Gasteiger partial charge is 0.497 e. The van der Waals surface area contributed by atoms with E-state index in [0.717, 1.165) is 43.1 Å². The van der Waals surface area contributed by atoms with E-state index >= 15 is 0 Å². The zero-order valence-electron chi connectivity index (χ0n) is 16.7. The van der Waals surface area contributed by atoms with Crippen molar-refractivity contribution in [3.63, 3.8) is 0 Å². The topological polar surface area (TPSA) is 73.4 Å². The van der Waals surface area contributed by atoms with Crippen LogP contribution in [0, 0.1) is 5.92 Å². The van der Waals surface area contributed by atoms with Gasteiger partial charge in [0.05, 0.1) is 18.3 Å². The van der Waals surface area contributed by atoms with Crippen molar-refractivity contribution in [2.24, 2.45) is 11.7 Å². The van der Waals surface area contributed by atoms with Gasteiger partial charge in [-0.2, -0.15) is 5.10 Å². The van der Waals surface area contributed by atoms with Crippen LogP contribution in [0.3, 0.4) is 0 Å². The van der Waals surface area contributed by atoms with Crippen LogP contribution in [0.4, 0.5) is 0 Å². The number of nitrogens with zero attached hydrogens (tertiary/aromatic N) is 3. The van der Waals surface area contributed by atoms with Gasteiger partial charge in [0.15, 0.2) is 0 Å². The minimum Gasteiger partial charge on any atom is -0.497 e. The lowest BCUT2D eigenvalue weighted by atomic mass is 10.1. The SMILES string of the molecule is COc1cccc(-c2nn(C(C)(C)C)cc2CN2CCC(CC(N)=O)C2)c1. The first-order valence-electron chi connectivity index (χ1n) is 9.50. The van der Waals surface area contributed by atoms with E-state index < -0.39 is 0 Å². The van der Waals surface area contributed by atoms with Crippen molar-refractivity contribution in [3.05, 3.63) is 36.0 Å². The highest BCUT2D eigenvalue weighted by atomic mass is 16.5. The second-order valence-corrected chi connectivity index (χ2v) is 8.41. The molecule has 1 aliphatic rings. The monoisotopic (exact) mass is 370 g/mol. The zero-order chi connectivity index (χ0) is 19.6. The Morgan fingerprint density at radius 2 is 2.15 bits per heavy atom. The van der Waals surface area contributed by atoms with Gasteiger partial charge in [-0.3, -0.25) is 14.4 Å². The average molecular weight is 370 g/mol. The molecule has 1 fully saturated rings. The lowest BCUT2D eigenvalue weighted by Gasteiger charge is -2.19. The van der Waals surface area contributed by atoms with Gasteiger partial charge in [0.1, 0.15) is 5.75 Å². The summed E-state index contributed by atoms with van der Waals surface area (Å²) in [5.41, 5.74) is 8.51. The third-order valence-electron chi connectivity index (χ3n) is 5.07. The maximum Gasteiger partial charge on any atom is 0.217 e.